The van der Waals surface area contributed by atoms with Crippen LogP contribution in [0.4, 0.5) is 11.4 Å². The molecule has 0 heterocycles. The zero-order chi connectivity index (χ0) is 14.5. The second kappa shape index (κ2) is 8.65. The number of anilines is 2. The summed E-state index contributed by atoms with van der Waals surface area (Å²) in [6.07, 6.45) is 0. The van der Waals surface area contributed by atoms with E-state index in [1.165, 1.54) is 0 Å². The van der Waals surface area contributed by atoms with Crippen LogP contribution in [0.2, 0.25) is 0 Å². The monoisotopic (exact) mass is 298 g/mol. The summed E-state index contributed by atoms with van der Waals surface area (Å²) >= 11 is 0. The summed E-state index contributed by atoms with van der Waals surface area (Å²) in [6.45, 7) is 4.19. The Labute approximate surface area is 141 Å². The molecule has 0 fully saturated rings. The van der Waals surface area contributed by atoms with Crippen molar-refractivity contribution < 1.29 is 0 Å². The molecule has 0 unspecified atom stereocenters. The predicted octanol–water partition coefficient (Wildman–Crippen LogP) is 5.75. The maximum Gasteiger partial charge on any atom is 0.0384 e. The van der Waals surface area contributed by atoms with E-state index in [1.54, 1.807) is 0 Å². The molecule has 113 valence electrons. The van der Waals surface area contributed by atoms with Crippen molar-refractivity contribution in [3.8, 4) is 0 Å². The second-order valence-electron chi connectivity index (χ2n) is 4.91. The molecule has 0 saturated heterocycles. The minimum Gasteiger partial charge on any atom is -0.356 e. The van der Waals surface area contributed by atoms with Crippen LogP contribution in [0.15, 0.2) is 91.5 Å². The fourth-order valence-corrected chi connectivity index (χ4v) is 2.25. The number of nitrogens with one attached hydrogen (secondary N) is 1. The van der Waals surface area contributed by atoms with Crippen LogP contribution in [0, 0.1) is 0 Å². The van der Waals surface area contributed by atoms with Crippen molar-refractivity contribution in [1.82, 2.24) is 0 Å². The summed E-state index contributed by atoms with van der Waals surface area (Å²) < 4.78 is 0. The van der Waals surface area contributed by atoms with Crippen molar-refractivity contribution in [3.63, 3.8) is 0 Å². The van der Waals surface area contributed by atoms with E-state index in [0.717, 1.165) is 28.1 Å². The summed E-state index contributed by atoms with van der Waals surface area (Å²) in [5.74, 6) is 0. The minimum atomic E-state index is 0. The van der Waals surface area contributed by atoms with Crippen molar-refractivity contribution in [2.45, 2.75) is 7.43 Å². The first-order valence-electron chi connectivity index (χ1n) is 7.00. The van der Waals surface area contributed by atoms with E-state index in [0.29, 0.717) is 0 Å². The van der Waals surface area contributed by atoms with Gasteiger partial charge in [0.15, 0.2) is 0 Å². The van der Waals surface area contributed by atoms with Crippen LogP contribution in [-0.4, -0.2) is 8.41 Å². The zero-order valence-electron chi connectivity index (χ0n) is 12.4. The largest absolute Gasteiger partial charge is 0.356 e. The standard InChI is InChI=1S/C20H17N.CH4.B/c1-16(17-8-4-2-5-9-17)18-12-14-20(15-13-18)21-19-10-6-3-7-11-19;;/h2-15,21H,1H2;1H4;. The molecule has 0 amide bonds. The Bertz CT molecular complexity index is 719. The van der Waals surface area contributed by atoms with Gasteiger partial charge >= 0.3 is 0 Å². The Hall–Kier alpha value is -2.74. The molecule has 0 aliphatic carbocycles. The minimum absolute atomic E-state index is 0. The molecule has 0 aliphatic heterocycles. The normalized spacial score (nSPS) is 9.22. The van der Waals surface area contributed by atoms with Crippen molar-refractivity contribution >= 4 is 25.4 Å². The molecule has 0 saturated carbocycles. The molecule has 0 atom stereocenters. The lowest BCUT2D eigenvalue weighted by Crippen LogP contribution is -1.91. The molecule has 23 heavy (non-hydrogen) atoms. The Morgan fingerprint density at radius 2 is 1.04 bits per heavy atom. The third-order valence-electron chi connectivity index (χ3n) is 3.42. The fraction of sp³-hybridized carbons (Fsp3) is 0.0476. The fourth-order valence-electron chi connectivity index (χ4n) is 2.25. The average Bonchev–Trinajstić information content (AvgIpc) is 2.57. The van der Waals surface area contributed by atoms with Gasteiger partial charge in [0.1, 0.15) is 0 Å². The number of para-hydroxylation sites is 1. The van der Waals surface area contributed by atoms with Gasteiger partial charge in [0.2, 0.25) is 0 Å². The second-order valence-corrected chi connectivity index (χ2v) is 4.91. The first-order chi connectivity index (χ1) is 10.3. The Kier molecular flexibility index (Phi) is 6.88. The lowest BCUT2D eigenvalue weighted by atomic mass is 9.99. The summed E-state index contributed by atoms with van der Waals surface area (Å²) in [5.41, 5.74) is 5.50. The molecule has 3 aromatic carbocycles. The maximum atomic E-state index is 4.19. The molecule has 1 nitrogen and oxygen atoms in total. The first kappa shape index (κ1) is 18.3. The quantitative estimate of drug-likeness (QED) is 0.605. The molecule has 1 N–H and O–H groups in total. The van der Waals surface area contributed by atoms with E-state index in [9.17, 15) is 0 Å². The number of rotatable bonds is 4. The highest BCUT2D eigenvalue weighted by atomic mass is 14.9. The molecule has 3 radical (unpaired) electrons. The summed E-state index contributed by atoms with van der Waals surface area (Å²) in [4.78, 5) is 0. The number of benzene rings is 3. The van der Waals surface area contributed by atoms with E-state index in [2.05, 4.69) is 60.4 Å². The van der Waals surface area contributed by atoms with Crippen LogP contribution >= 0.6 is 0 Å². The lowest BCUT2D eigenvalue weighted by Gasteiger charge is -2.09. The van der Waals surface area contributed by atoms with Gasteiger partial charge in [0.05, 0.1) is 0 Å². The van der Waals surface area contributed by atoms with E-state index in [4.69, 9.17) is 0 Å². The molecule has 0 aliphatic rings. The van der Waals surface area contributed by atoms with Crippen LogP contribution in [0.3, 0.4) is 0 Å². The van der Waals surface area contributed by atoms with Crippen LogP contribution in [0.1, 0.15) is 18.6 Å². The van der Waals surface area contributed by atoms with Crippen LogP contribution < -0.4 is 5.32 Å². The topological polar surface area (TPSA) is 12.0 Å². The highest BCUT2D eigenvalue weighted by molar-refractivity contribution is 5.79. The zero-order valence-corrected chi connectivity index (χ0v) is 12.4. The summed E-state index contributed by atoms with van der Waals surface area (Å²) in [5, 5.41) is 3.38. The van der Waals surface area contributed by atoms with E-state index in [-0.39, 0.29) is 15.8 Å². The van der Waals surface area contributed by atoms with E-state index in [1.807, 2.05) is 36.4 Å². The molecule has 0 spiro atoms. The maximum absolute atomic E-state index is 4.19. The van der Waals surface area contributed by atoms with Crippen molar-refractivity contribution in [2.24, 2.45) is 0 Å². The van der Waals surface area contributed by atoms with Gasteiger partial charge in [-0.3, -0.25) is 0 Å². The van der Waals surface area contributed by atoms with Gasteiger partial charge < -0.3 is 5.32 Å². The van der Waals surface area contributed by atoms with Crippen LogP contribution in [-0.2, 0) is 0 Å². The lowest BCUT2D eigenvalue weighted by molar-refractivity contribution is 1.52. The number of hydrogen-bond donors (Lipinski definition) is 1. The smallest absolute Gasteiger partial charge is 0.0384 e. The van der Waals surface area contributed by atoms with Gasteiger partial charge in [0.25, 0.3) is 0 Å². The Balaban J connectivity index is 0.00000132. The molecule has 2 heteroatoms. The SMILES string of the molecule is C.C=C(c1ccccc1)c1ccc(Nc2ccccc2)cc1.[B]. The van der Waals surface area contributed by atoms with Gasteiger partial charge in [-0.25, -0.2) is 0 Å². The molecule has 0 bridgehead atoms. The highest BCUT2D eigenvalue weighted by Gasteiger charge is 2.02. The van der Waals surface area contributed by atoms with E-state index >= 15 is 0 Å². The first-order valence-corrected chi connectivity index (χ1v) is 7.00. The van der Waals surface area contributed by atoms with Gasteiger partial charge in [-0.05, 0) is 41.0 Å². The summed E-state index contributed by atoms with van der Waals surface area (Å²) in [6, 6.07) is 28.8. The molecular formula is C21H21BN. The van der Waals surface area contributed by atoms with Gasteiger partial charge in [-0.15, -0.1) is 0 Å². The molecule has 3 rings (SSSR count). The highest BCUT2D eigenvalue weighted by Crippen LogP contribution is 2.24. The predicted molar refractivity (Wildman–Crippen MR) is 103 cm³/mol. The summed E-state index contributed by atoms with van der Waals surface area (Å²) in [7, 11) is 0. The third-order valence-corrected chi connectivity index (χ3v) is 3.42. The van der Waals surface area contributed by atoms with E-state index < -0.39 is 0 Å². The third kappa shape index (κ3) is 4.62. The molecule has 0 aromatic heterocycles. The van der Waals surface area contributed by atoms with Crippen molar-refractivity contribution in [1.29, 1.82) is 0 Å². The van der Waals surface area contributed by atoms with Crippen molar-refractivity contribution in [2.75, 3.05) is 5.32 Å². The average molecular weight is 298 g/mol. The molecular weight excluding hydrogens is 277 g/mol. The van der Waals surface area contributed by atoms with Crippen LogP contribution in [0.5, 0.6) is 0 Å². The van der Waals surface area contributed by atoms with Gasteiger partial charge in [0, 0.05) is 19.8 Å². The Morgan fingerprint density at radius 1 is 0.609 bits per heavy atom. The van der Waals surface area contributed by atoms with Gasteiger partial charge in [-0.1, -0.05) is 74.7 Å². The van der Waals surface area contributed by atoms with Crippen LogP contribution in [0.25, 0.3) is 5.57 Å². The Morgan fingerprint density at radius 3 is 1.61 bits per heavy atom. The van der Waals surface area contributed by atoms with Crippen molar-refractivity contribution in [3.05, 3.63) is 103 Å². The number of hydrogen-bond acceptors (Lipinski definition) is 1. The van der Waals surface area contributed by atoms with Gasteiger partial charge in [-0.2, -0.15) is 0 Å². The molecule has 3 aromatic rings.